The fraction of sp³-hybridized carbons (Fsp3) is 0.923. The number of sulfonamides is 1. The second kappa shape index (κ2) is 5.99. The molecule has 1 aliphatic heterocycles. The minimum Gasteiger partial charge on any atom is -0.373 e. The number of carbonyl (C=O) groups excluding carboxylic acids is 1. The number of hydrogen-bond acceptors (Lipinski definition) is 4. The van der Waals surface area contributed by atoms with Crippen LogP contribution in [0.15, 0.2) is 0 Å². The van der Waals surface area contributed by atoms with Crippen molar-refractivity contribution >= 4 is 15.9 Å². The molecule has 0 unspecified atom stereocenters. The van der Waals surface area contributed by atoms with Crippen molar-refractivity contribution < 1.29 is 17.9 Å². The largest absolute Gasteiger partial charge is 0.373 e. The first-order chi connectivity index (χ1) is 9.29. The van der Waals surface area contributed by atoms with Crippen LogP contribution in [-0.2, 0) is 19.6 Å². The van der Waals surface area contributed by atoms with Crippen molar-refractivity contribution in [3.8, 4) is 0 Å². The molecular formula is C13H24N2O4S. The maximum atomic E-state index is 12.2. The normalized spacial score (nSPS) is 34.8. The van der Waals surface area contributed by atoms with Gasteiger partial charge in [-0.1, -0.05) is 6.92 Å². The second-order valence-corrected chi connectivity index (χ2v) is 8.09. The Hall–Kier alpha value is -0.660. The van der Waals surface area contributed by atoms with E-state index >= 15 is 0 Å². The number of ether oxygens (including phenoxy) is 1. The van der Waals surface area contributed by atoms with Crippen LogP contribution >= 0.6 is 0 Å². The van der Waals surface area contributed by atoms with Crippen molar-refractivity contribution in [3.05, 3.63) is 0 Å². The molecule has 1 saturated carbocycles. The number of nitrogens with zero attached hydrogens (tertiary/aromatic N) is 1. The highest BCUT2D eigenvalue weighted by atomic mass is 32.2. The van der Waals surface area contributed by atoms with Gasteiger partial charge in [-0.15, -0.1) is 0 Å². The quantitative estimate of drug-likeness (QED) is 0.787. The van der Waals surface area contributed by atoms with Crippen molar-refractivity contribution in [1.29, 1.82) is 0 Å². The van der Waals surface area contributed by atoms with E-state index in [1.165, 1.54) is 4.31 Å². The summed E-state index contributed by atoms with van der Waals surface area (Å²) in [4.78, 5) is 11.6. The molecule has 20 heavy (non-hydrogen) atoms. The Morgan fingerprint density at radius 3 is 2.30 bits per heavy atom. The number of nitrogens with one attached hydrogen (secondary N) is 1. The van der Waals surface area contributed by atoms with Gasteiger partial charge in [-0.3, -0.25) is 4.79 Å². The van der Waals surface area contributed by atoms with Crippen LogP contribution in [0.25, 0.3) is 0 Å². The molecule has 2 aliphatic rings. The smallest absolute Gasteiger partial charge is 0.223 e. The molecule has 0 radical (unpaired) electrons. The van der Waals surface area contributed by atoms with E-state index in [0.29, 0.717) is 19.0 Å². The fourth-order valence-corrected chi connectivity index (χ4v) is 4.10. The molecule has 1 saturated heterocycles. The van der Waals surface area contributed by atoms with Crippen LogP contribution in [0.2, 0.25) is 0 Å². The first-order valence-electron chi connectivity index (χ1n) is 7.20. The molecule has 6 nitrogen and oxygen atoms in total. The van der Waals surface area contributed by atoms with Crippen molar-refractivity contribution in [2.24, 2.45) is 11.8 Å². The molecular weight excluding hydrogens is 280 g/mol. The van der Waals surface area contributed by atoms with Gasteiger partial charge in [-0.2, -0.15) is 4.31 Å². The monoisotopic (exact) mass is 304 g/mol. The van der Waals surface area contributed by atoms with Crippen molar-refractivity contribution in [2.45, 2.75) is 39.4 Å². The Morgan fingerprint density at radius 2 is 1.80 bits per heavy atom. The standard InChI is InChI=1S/C13H24N2O4S/c1-9-6-12(9)13(16)14-4-5-20(17,18)15-7-10(2)19-11(3)8-15/h9-12H,4-8H2,1-3H3,(H,14,16)/t9-,10+,11+,12+/m0/s1. The van der Waals surface area contributed by atoms with Crippen LogP contribution in [0.4, 0.5) is 0 Å². The third-order valence-electron chi connectivity index (χ3n) is 3.88. The average molecular weight is 304 g/mol. The van der Waals surface area contributed by atoms with Crippen LogP contribution in [0.3, 0.4) is 0 Å². The van der Waals surface area contributed by atoms with Gasteiger partial charge >= 0.3 is 0 Å². The van der Waals surface area contributed by atoms with Gasteiger partial charge in [-0.05, 0) is 26.2 Å². The summed E-state index contributed by atoms with van der Waals surface area (Å²) in [5, 5.41) is 2.72. The molecule has 1 aliphatic carbocycles. The first-order valence-corrected chi connectivity index (χ1v) is 8.81. The highest BCUT2D eigenvalue weighted by Gasteiger charge is 2.39. The number of carbonyl (C=O) groups is 1. The van der Waals surface area contributed by atoms with Crippen LogP contribution < -0.4 is 5.32 Å². The zero-order valence-corrected chi connectivity index (χ0v) is 13.1. The summed E-state index contributed by atoms with van der Waals surface area (Å²) >= 11 is 0. The van der Waals surface area contributed by atoms with Gasteiger partial charge in [-0.25, -0.2) is 8.42 Å². The summed E-state index contributed by atoms with van der Waals surface area (Å²) in [5.74, 6) is 0.462. The number of rotatable bonds is 5. The lowest BCUT2D eigenvalue weighted by Gasteiger charge is -2.34. The lowest BCUT2D eigenvalue weighted by atomic mass is 10.3. The molecule has 1 heterocycles. The third-order valence-corrected chi connectivity index (χ3v) is 5.69. The molecule has 0 aromatic carbocycles. The van der Waals surface area contributed by atoms with E-state index in [-0.39, 0.29) is 36.3 Å². The molecule has 0 aromatic heterocycles. The third kappa shape index (κ3) is 3.93. The maximum absolute atomic E-state index is 12.2. The second-order valence-electron chi connectivity index (χ2n) is 6.00. The molecule has 116 valence electrons. The maximum Gasteiger partial charge on any atom is 0.223 e. The Morgan fingerprint density at radius 1 is 1.25 bits per heavy atom. The van der Waals surface area contributed by atoms with Gasteiger partial charge in [0, 0.05) is 25.6 Å². The van der Waals surface area contributed by atoms with Crippen molar-refractivity contribution in [2.75, 3.05) is 25.4 Å². The van der Waals surface area contributed by atoms with Crippen LogP contribution in [0, 0.1) is 11.8 Å². The molecule has 2 rings (SSSR count). The van der Waals surface area contributed by atoms with E-state index in [0.717, 1.165) is 6.42 Å². The van der Waals surface area contributed by atoms with Gasteiger partial charge in [0.15, 0.2) is 0 Å². The summed E-state index contributed by atoms with van der Waals surface area (Å²) < 4.78 is 31.5. The highest BCUT2D eigenvalue weighted by Crippen LogP contribution is 2.37. The molecule has 1 N–H and O–H groups in total. The van der Waals surface area contributed by atoms with Crippen molar-refractivity contribution in [1.82, 2.24) is 9.62 Å². The minimum absolute atomic E-state index is 0.0172. The number of hydrogen-bond donors (Lipinski definition) is 1. The Kier molecular flexibility index (Phi) is 4.71. The molecule has 0 spiro atoms. The number of amides is 1. The lowest BCUT2D eigenvalue weighted by molar-refractivity contribution is -0.122. The van der Waals surface area contributed by atoms with Gasteiger partial charge in [0.2, 0.25) is 15.9 Å². The highest BCUT2D eigenvalue weighted by molar-refractivity contribution is 7.89. The minimum atomic E-state index is -3.33. The summed E-state index contributed by atoms with van der Waals surface area (Å²) in [7, 11) is -3.33. The molecule has 0 bridgehead atoms. The Balaban J connectivity index is 1.80. The Labute approximate surface area is 120 Å². The van der Waals surface area contributed by atoms with Gasteiger partial charge in [0.1, 0.15) is 0 Å². The molecule has 7 heteroatoms. The summed E-state index contributed by atoms with van der Waals surface area (Å²) in [5.41, 5.74) is 0. The van der Waals surface area contributed by atoms with Crippen LogP contribution in [0.5, 0.6) is 0 Å². The van der Waals surface area contributed by atoms with E-state index in [4.69, 9.17) is 4.74 Å². The van der Waals surface area contributed by atoms with Crippen LogP contribution in [-0.4, -0.2) is 56.2 Å². The first kappa shape index (κ1) is 15.7. The molecule has 2 fully saturated rings. The summed E-state index contributed by atoms with van der Waals surface area (Å²) in [6, 6.07) is 0. The van der Waals surface area contributed by atoms with Gasteiger partial charge in [0.05, 0.1) is 18.0 Å². The van der Waals surface area contributed by atoms with E-state index in [1.807, 2.05) is 20.8 Å². The topological polar surface area (TPSA) is 75.7 Å². The lowest BCUT2D eigenvalue weighted by Crippen LogP contribution is -2.49. The van der Waals surface area contributed by atoms with Gasteiger partial charge in [0.25, 0.3) is 0 Å². The molecule has 0 aromatic rings. The zero-order valence-electron chi connectivity index (χ0n) is 12.3. The molecule has 4 atom stereocenters. The zero-order chi connectivity index (χ0) is 14.9. The predicted octanol–water partition coefficient (Wildman–Crippen LogP) is 0.198. The summed E-state index contributed by atoms with van der Waals surface area (Å²) in [6.45, 7) is 6.73. The summed E-state index contributed by atoms with van der Waals surface area (Å²) in [6.07, 6.45) is 0.739. The van der Waals surface area contributed by atoms with E-state index in [2.05, 4.69) is 5.32 Å². The van der Waals surface area contributed by atoms with E-state index in [9.17, 15) is 13.2 Å². The van der Waals surface area contributed by atoms with Gasteiger partial charge < -0.3 is 10.1 Å². The van der Waals surface area contributed by atoms with Crippen LogP contribution in [0.1, 0.15) is 27.2 Å². The average Bonchev–Trinajstić information content (AvgIpc) is 3.05. The van der Waals surface area contributed by atoms with E-state index < -0.39 is 10.0 Å². The van der Waals surface area contributed by atoms with Crippen molar-refractivity contribution in [3.63, 3.8) is 0 Å². The Bertz CT molecular complexity index is 455. The molecule has 1 amide bonds. The predicted molar refractivity (Wildman–Crippen MR) is 75.6 cm³/mol. The number of morpholine rings is 1. The SMILES string of the molecule is C[C@@H]1CN(S(=O)(=O)CCNC(=O)[C@@H]2C[C@@H]2C)C[C@@H](C)O1. The van der Waals surface area contributed by atoms with E-state index in [1.54, 1.807) is 0 Å². The fourth-order valence-electron chi connectivity index (χ4n) is 2.61.